The van der Waals surface area contributed by atoms with Gasteiger partial charge in [-0.25, -0.2) is 4.57 Å². The number of hydrogen-bond donors (Lipinski definition) is 2. The SMILES string of the molecule is C=CCOC[C@H](COP(=O)(O)O)OCCCCC. The Morgan fingerprint density at radius 3 is 2.61 bits per heavy atom. The van der Waals surface area contributed by atoms with Crippen LogP contribution in [0, 0.1) is 0 Å². The zero-order chi connectivity index (χ0) is 13.9. The van der Waals surface area contributed by atoms with E-state index in [0.717, 1.165) is 19.3 Å². The first-order valence-electron chi connectivity index (χ1n) is 6.00. The molecule has 0 fully saturated rings. The maximum atomic E-state index is 10.6. The molecule has 0 saturated heterocycles. The van der Waals surface area contributed by atoms with E-state index in [1.807, 2.05) is 0 Å². The van der Waals surface area contributed by atoms with Crippen LogP contribution in [-0.4, -0.2) is 42.3 Å². The van der Waals surface area contributed by atoms with Crippen LogP contribution < -0.4 is 0 Å². The van der Waals surface area contributed by atoms with E-state index in [-0.39, 0.29) is 13.2 Å². The number of hydrogen-bond acceptors (Lipinski definition) is 4. The Balaban J connectivity index is 3.91. The monoisotopic (exact) mass is 282 g/mol. The Kier molecular flexibility index (Phi) is 10.5. The molecule has 7 heteroatoms. The third-order valence-electron chi connectivity index (χ3n) is 2.07. The van der Waals surface area contributed by atoms with Gasteiger partial charge in [0.15, 0.2) is 0 Å². The Morgan fingerprint density at radius 1 is 1.33 bits per heavy atom. The zero-order valence-electron chi connectivity index (χ0n) is 10.8. The lowest BCUT2D eigenvalue weighted by molar-refractivity contribution is -0.0374. The standard InChI is InChI=1S/C11H23O6P/c1-3-5-6-8-16-11(9-15-7-4-2)10-17-18(12,13)14/h4,11H,2-3,5-10H2,1H3,(H2,12,13,14)/t11-/m1/s1. The van der Waals surface area contributed by atoms with Crippen molar-refractivity contribution < 1.29 is 28.3 Å². The smallest absolute Gasteiger partial charge is 0.375 e. The molecule has 0 radical (unpaired) electrons. The third-order valence-corrected chi connectivity index (χ3v) is 2.55. The molecule has 0 bridgehead atoms. The molecule has 0 aromatic rings. The minimum absolute atomic E-state index is 0.187. The van der Waals surface area contributed by atoms with Crippen molar-refractivity contribution in [2.24, 2.45) is 0 Å². The van der Waals surface area contributed by atoms with E-state index in [9.17, 15) is 4.57 Å². The summed E-state index contributed by atoms with van der Waals surface area (Å²) in [5.74, 6) is 0. The van der Waals surface area contributed by atoms with Gasteiger partial charge in [0.2, 0.25) is 0 Å². The third kappa shape index (κ3) is 12.2. The summed E-state index contributed by atoms with van der Waals surface area (Å²) < 4.78 is 25.7. The average molecular weight is 282 g/mol. The molecule has 2 N–H and O–H groups in total. The molecule has 0 heterocycles. The van der Waals surface area contributed by atoms with Crippen molar-refractivity contribution in [1.82, 2.24) is 0 Å². The molecule has 0 aliphatic rings. The molecule has 0 rings (SSSR count). The highest BCUT2D eigenvalue weighted by molar-refractivity contribution is 7.46. The number of rotatable bonds is 12. The molecule has 0 aromatic heterocycles. The van der Waals surface area contributed by atoms with Gasteiger partial charge in [-0.15, -0.1) is 6.58 Å². The van der Waals surface area contributed by atoms with Crippen molar-refractivity contribution in [2.75, 3.05) is 26.4 Å². The van der Waals surface area contributed by atoms with Crippen LogP contribution in [0.5, 0.6) is 0 Å². The first-order chi connectivity index (χ1) is 8.49. The highest BCUT2D eigenvalue weighted by atomic mass is 31.2. The summed E-state index contributed by atoms with van der Waals surface area (Å²) in [5, 5.41) is 0. The molecular formula is C11H23O6P. The van der Waals surface area contributed by atoms with E-state index < -0.39 is 13.9 Å². The molecule has 0 unspecified atom stereocenters. The van der Waals surface area contributed by atoms with Crippen molar-refractivity contribution in [3.8, 4) is 0 Å². The van der Waals surface area contributed by atoms with Crippen LogP contribution in [0.15, 0.2) is 12.7 Å². The maximum absolute atomic E-state index is 10.6. The van der Waals surface area contributed by atoms with Crippen molar-refractivity contribution >= 4 is 7.82 Å². The Labute approximate surface area is 108 Å². The lowest BCUT2D eigenvalue weighted by atomic mass is 10.3. The number of unbranched alkanes of at least 4 members (excludes halogenated alkanes) is 2. The van der Waals surface area contributed by atoms with Gasteiger partial charge >= 0.3 is 7.82 Å². The molecule has 0 aliphatic heterocycles. The van der Waals surface area contributed by atoms with Crippen LogP contribution in [0.1, 0.15) is 26.2 Å². The van der Waals surface area contributed by atoms with E-state index in [0.29, 0.717) is 13.2 Å². The van der Waals surface area contributed by atoms with Gasteiger partial charge in [0.25, 0.3) is 0 Å². The second-order valence-corrected chi connectivity index (χ2v) is 5.05. The molecule has 108 valence electrons. The van der Waals surface area contributed by atoms with Crippen LogP contribution >= 0.6 is 7.82 Å². The van der Waals surface area contributed by atoms with Crippen molar-refractivity contribution in [3.63, 3.8) is 0 Å². The van der Waals surface area contributed by atoms with Crippen molar-refractivity contribution in [1.29, 1.82) is 0 Å². The summed E-state index contributed by atoms with van der Waals surface area (Å²) in [6.45, 7) is 6.52. The highest BCUT2D eigenvalue weighted by Crippen LogP contribution is 2.35. The van der Waals surface area contributed by atoms with Crippen molar-refractivity contribution in [3.05, 3.63) is 12.7 Å². The summed E-state index contributed by atoms with van der Waals surface area (Å²) in [6, 6.07) is 0. The van der Waals surface area contributed by atoms with Crippen LogP contribution in [0.3, 0.4) is 0 Å². The van der Waals surface area contributed by atoms with Gasteiger partial charge in [0.05, 0.1) is 19.8 Å². The molecule has 0 spiro atoms. The summed E-state index contributed by atoms with van der Waals surface area (Å²) in [7, 11) is -4.46. The van der Waals surface area contributed by atoms with Gasteiger partial charge in [-0.2, -0.15) is 0 Å². The van der Waals surface area contributed by atoms with Gasteiger partial charge in [-0.3, -0.25) is 4.52 Å². The predicted octanol–water partition coefficient (Wildman–Crippen LogP) is 1.87. The number of phosphoric ester groups is 1. The normalized spacial score (nSPS) is 13.5. The second kappa shape index (κ2) is 10.7. The molecule has 18 heavy (non-hydrogen) atoms. The summed E-state index contributed by atoms with van der Waals surface area (Å²) in [4.78, 5) is 17.2. The first kappa shape index (κ1) is 17.8. The van der Waals surface area contributed by atoms with Crippen LogP contribution in [0.2, 0.25) is 0 Å². The summed E-state index contributed by atoms with van der Waals surface area (Å²) in [6.07, 6.45) is 4.16. The number of ether oxygens (including phenoxy) is 2. The maximum Gasteiger partial charge on any atom is 0.469 e. The van der Waals surface area contributed by atoms with E-state index in [4.69, 9.17) is 19.3 Å². The van der Waals surface area contributed by atoms with Gasteiger partial charge in [0, 0.05) is 6.61 Å². The Bertz CT molecular complexity index is 252. The second-order valence-electron chi connectivity index (χ2n) is 3.81. The fraction of sp³-hybridized carbons (Fsp3) is 0.818. The summed E-state index contributed by atoms with van der Waals surface area (Å²) in [5.41, 5.74) is 0. The van der Waals surface area contributed by atoms with Gasteiger partial charge in [-0.05, 0) is 6.42 Å². The molecule has 6 nitrogen and oxygen atoms in total. The molecule has 0 amide bonds. The minimum atomic E-state index is -4.46. The van der Waals surface area contributed by atoms with Crippen LogP contribution in [-0.2, 0) is 18.6 Å². The Hall–Kier alpha value is -0.230. The average Bonchev–Trinajstić information content (AvgIpc) is 2.29. The first-order valence-corrected chi connectivity index (χ1v) is 7.53. The van der Waals surface area contributed by atoms with E-state index in [1.54, 1.807) is 6.08 Å². The molecule has 0 aliphatic carbocycles. The van der Waals surface area contributed by atoms with E-state index >= 15 is 0 Å². The predicted molar refractivity (Wildman–Crippen MR) is 68.3 cm³/mol. The van der Waals surface area contributed by atoms with Crippen molar-refractivity contribution in [2.45, 2.75) is 32.3 Å². The quantitative estimate of drug-likeness (QED) is 0.323. The van der Waals surface area contributed by atoms with Crippen LogP contribution in [0.25, 0.3) is 0 Å². The van der Waals surface area contributed by atoms with Crippen LogP contribution in [0.4, 0.5) is 0 Å². The summed E-state index contributed by atoms with van der Waals surface area (Å²) >= 11 is 0. The van der Waals surface area contributed by atoms with Gasteiger partial charge < -0.3 is 19.3 Å². The van der Waals surface area contributed by atoms with E-state index in [1.165, 1.54) is 0 Å². The number of phosphoric acid groups is 1. The van der Waals surface area contributed by atoms with Gasteiger partial charge in [0.1, 0.15) is 6.10 Å². The molecule has 0 saturated carbocycles. The largest absolute Gasteiger partial charge is 0.469 e. The minimum Gasteiger partial charge on any atom is -0.375 e. The molecular weight excluding hydrogens is 259 g/mol. The fourth-order valence-electron chi connectivity index (χ4n) is 1.21. The van der Waals surface area contributed by atoms with E-state index in [2.05, 4.69) is 18.0 Å². The zero-order valence-corrected chi connectivity index (χ0v) is 11.7. The highest BCUT2D eigenvalue weighted by Gasteiger charge is 2.18. The topological polar surface area (TPSA) is 85.2 Å². The fourth-order valence-corrected chi connectivity index (χ4v) is 1.57. The van der Waals surface area contributed by atoms with Gasteiger partial charge in [-0.1, -0.05) is 25.8 Å². The lowest BCUT2D eigenvalue weighted by Gasteiger charge is -2.18. The lowest BCUT2D eigenvalue weighted by Crippen LogP contribution is -2.26. The molecule has 1 atom stereocenters. The Morgan fingerprint density at radius 2 is 2.06 bits per heavy atom. The molecule has 0 aromatic carbocycles.